The zero-order valence-corrected chi connectivity index (χ0v) is 17.3. The number of halogens is 3. The van der Waals surface area contributed by atoms with Gasteiger partial charge in [0.05, 0.1) is 11.3 Å². The molecule has 4 rings (SSSR count). The normalized spacial score (nSPS) is 21.5. The molecule has 1 atom stereocenters. The molecule has 4 heterocycles. The minimum atomic E-state index is -4.40. The number of aromatic amines is 1. The Hall–Kier alpha value is -2.99. The standard InChI is InChI=1S/C19H20F3N7OS/c1-11-9-28(4-5-29(11)16-3-2-13(8-23-16)19(20,21)22)10-12-7-24-27-14(12)6-15-17(30)26-18(31)25-15/h2-3,6-8,11H,4-5,9-10H2,1H3,(H,24,27)(H2,25,26,30,31). The van der Waals surface area contributed by atoms with Crippen molar-refractivity contribution in [2.75, 3.05) is 24.5 Å². The number of aromatic nitrogens is 3. The number of rotatable bonds is 4. The van der Waals surface area contributed by atoms with Crippen LogP contribution in [0.3, 0.4) is 0 Å². The highest BCUT2D eigenvalue weighted by Gasteiger charge is 2.32. The molecule has 0 spiro atoms. The first-order valence-corrected chi connectivity index (χ1v) is 10.0. The average Bonchev–Trinajstić information content (AvgIpc) is 3.27. The van der Waals surface area contributed by atoms with Gasteiger partial charge in [-0.2, -0.15) is 18.3 Å². The second-order valence-corrected chi connectivity index (χ2v) is 7.85. The molecule has 3 N–H and O–H groups in total. The number of hydrogen-bond donors (Lipinski definition) is 3. The number of anilines is 1. The number of piperazine rings is 1. The van der Waals surface area contributed by atoms with Crippen LogP contribution >= 0.6 is 12.2 Å². The summed E-state index contributed by atoms with van der Waals surface area (Å²) in [5, 5.41) is 12.6. The number of amides is 1. The first-order chi connectivity index (χ1) is 14.7. The number of nitrogens with zero attached hydrogens (tertiary/aromatic N) is 4. The van der Waals surface area contributed by atoms with E-state index in [1.165, 1.54) is 6.07 Å². The van der Waals surface area contributed by atoms with Crippen LogP contribution in [0, 0.1) is 0 Å². The smallest absolute Gasteiger partial charge is 0.351 e. The fourth-order valence-electron chi connectivity index (χ4n) is 3.68. The Bertz CT molecular complexity index is 1020. The highest BCUT2D eigenvalue weighted by Crippen LogP contribution is 2.30. The van der Waals surface area contributed by atoms with Gasteiger partial charge in [-0.1, -0.05) is 0 Å². The van der Waals surface area contributed by atoms with Gasteiger partial charge in [-0.3, -0.25) is 20.1 Å². The molecular formula is C19H20F3N7OS. The second-order valence-electron chi connectivity index (χ2n) is 7.44. The Kier molecular flexibility index (Phi) is 5.67. The zero-order valence-electron chi connectivity index (χ0n) is 16.5. The van der Waals surface area contributed by atoms with E-state index >= 15 is 0 Å². The second kappa shape index (κ2) is 8.27. The Balaban J connectivity index is 1.40. The fourth-order valence-corrected chi connectivity index (χ4v) is 3.88. The number of carbonyl (C=O) groups excluding carboxylic acids is 1. The lowest BCUT2D eigenvalue weighted by Gasteiger charge is -2.40. The van der Waals surface area contributed by atoms with Crippen LogP contribution in [0.25, 0.3) is 6.08 Å². The highest BCUT2D eigenvalue weighted by atomic mass is 32.1. The van der Waals surface area contributed by atoms with Crippen molar-refractivity contribution in [2.24, 2.45) is 0 Å². The Labute approximate surface area is 181 Å². The van der Waals surface area contributed by atoms with Crippen molar-refractivity contribution in [3.8, 4) is 0 Å². The van der Waals surface area contributed by atoms with Crippen molar-refractivity contribution in [3.63, 3.8) is 0 Å². The first kappa shape index (κ1) is 21.2. The van der Waals surface area contributed by atoms with Crippen LogP contribution in [0.2, 0.25) is 0 Å². The van der Waals surface area contributed by atoms with E-state index in [2.05, 4.69) is 30.7 Å². The summed E-state index contributed by atoms with van der Waals surface area (Å²) in [4.78, 5) is 20.1. The minimum absolute atomic E-state index is 0.0614. The third kappa shape index (κ3) is 4.69. The predicted molar refractivity (Wildman–Crippen MR) is 112 cm³/mol. The molecule has 2 saturated heterocycles. The maximum Gasteiger partial charge on any atom is 0.417 e. The van der Waals surface area contributed by atoms with Crippen molar-refractivity contribution in [1.82, 2.24) is 30.7 Å². The average molecular weight is 451 g/mol. The van der Waals surface area contributed by atoms with Gasteiger partial charge in [0, 0.05) is 50.2 Å². The van der Waals surface area contributed by atoms with Gasteiger partial charge in [-0.15, -0.1) is 0 Å². The topological polar surface area (TPSA) is 89.2 Å². The van der Waals surface area contributed by atoms with Crippen LogP contribution in [0.15, 0.2) is 30.2 Å². The number of nitrogens with one attached hydrogen (secondary N) is 3. The van der Waals surface area contributed by atoms with E-state index in [1.807, 2.05) is 11.8 Å². The van der Waals surface area contributed by atoms with E-state index in [0.29, 0.717) is 43.4 Å². The number of H-pyrrole nitrogens is 1. The largest absolute Gasteiger partial charge is 0.417 e. The molecule has 8 nitrogen and oxygen atoms in total. The summed E-state index contributed by atoms with van der Waals surface area (Å²) < 4.78 is 38.3. The molecule has 2 aliphatic rings. The van der Waals surface area contributed by atoms with Gasteiger partial charge in [-0.25, -0.2) is 4.98 Å². The van der Waals surface area contributed by atoms with Crippen molar-refractivity contribution < 1.29 is 18.0 Å². The number of pyridine rings is 1. The first-order valence-electron chi connectivity index (χ1n) is 9.59. The fraction of sp³-hybridized carbons (Fsp3) is 0.368. The lowest BCUT2D eigenvalue weighted by molar-refractivity contribution is -0.137. The van der Waals surface area contributed by atoms with E-state index in [-0.39, 0.29) is 17.1 Å². The number of thiocarbonyl (C=S) groups is 1. The summed E-state index contributed by atoms with van der Waals surface area (Å²) >= 11 is 4.94. The molecule has 1 amide bonds. The van der Waals surface area contributed by atoms with E-state index in [0.717, 1.165) is 17.8 Å². The van der Waals surface area contributed by atoms with E-state index in [1.54, 1.807) is 12.3 Å². The third-order valence-electron chi connectivity index (χ3n) is 5.23. The van der Waals surface area contributed by atoms with Crippen LogP contribution in [-0.2, 0) is 17.5 Å². The van der Waals surface area contributed by atoms with E-state index < -0.39 is 11.7 Å². The molecule has 2 aliphatic heterocycles. The van der Waals surface area contributed by atoms with Crippen molar-refractivity contribution in [1.29, 1.82) is 0 Å². The molecule has 2 aromatic rings. The van der Waals surface area contributed by atoms with Crippen molar-refractivity contribution in [3.05, 3.63) is 47.0 Å². The lowest BCUT2D eigenvalue weighted by atomic mass is 10.1. The van der Waals surface area contributed by atoms with Gasteiger partial charge in [0.15, 0.2) is 5.11 Å². The van der Waals surface area contributed by atoms with Gasteiger partial charge in [0.25, 0.3) is 5.91 Å². The molecule has 164 valence electrons. The SMILES string of the molecule is CC1CN(Cc2c[nH]nc2C=C2NC(=S)NC2=O)CCN1c1ccc(C(F)(F)F)cn1. The molecule has 1 unspecified atom stereocenters. The quantitative estimate of drug-likeness (QED) is 0.483. The molecule has 0 bridgehead atoms. The molecule has 2 fully saturated rings. The Morgan fingerprint density at radius 1 is 1.29 bits per heavy atom. The van der Waals surface area contributed by atoms with Gasteiger partial charge in [0.2, 0.25) is 0 Å². The maximum absolute atomic E-state index is 12.8. The third-order valence-corrected chi connectivity index (χ3v) is 5.43. The van der Waals surface area contributed by atoms with Crippen LogP contribution in [0.1, 0.15) is 23.7 Å². The molecule has 12 heteroatoms. The number of alkyl halides is 3. The summed E-state index contributed by atoms with van der Waals surface area (Å²) in [6, 6.07) is 2.54. The molecule has 0 aliphatic carbocycles. The Morgan fingerprint density at radius 2 is 2.10 bits per heavy atom. The summed E-state index contributed by atoms with van der Waals surface area (Å²) in [5.41, 5.74) is 1.15. The zero-order chi connectivity index (χ0) is 22.2. The molecular weight excluding hydrogens is 431 g/mol. The summed E-state index contributed by atoms with van der Waals surface area (Å²) in [7, 11) is 0. The summed E-state index contributed by atoms with van der Waals surface area (Å²) in [6.07, 6.45) is -0.0933. The highest BCUT2D eigenvalue weighted by molar-refractivity contribution is 7.80. The van der Waals surface area contributed by atoms with E-state index in [9.17, 15) is 18.0 Å². The predicted octanol–water partition coefficient (Wildman–Crippen LogP) is 1.88. The van der Waals surface area contributed by atoms with Crippen LogP contribution in [-0.4, -0.2) is 56.8 Å². The van der Waals surface area contributed by atoms with Crippen LogP contribution in [0.5, 0.6) is 0 Å². The van der Waals surface area contributed by atoms with Gasteiger partial charge in [0.1, 0.15) is 11.5 Å². The number of hydrogen-bond acceptors (Lipinski definition) is 6. The summed E-state index contributed by atoms with van der Waals surface area (Å²) in [6.45, 7) is 4.66. The van der Waals surface area contributed by atoms with Gasteiger partial charge < -0.3 is 10.2 Å². The van der Waals surface area contributed by atoms with Crippen LogP contribution in [0.4, 0.5) is 19.0 Å². The monoisotopic (exact) mass is 451 g/mol. The number of carbonyl (C=O) groups is 1. The summed E-state index contributed by atoms with van der Waals surface area (Å²) in [5.74, 6) is 0.230. The van der Waals surface area contributed by atoms with Gasteiger partial charge >= 0.3 is 6.18 Å². The molecule has 31 heavy (non-hydrogen) atoms. The maximum atomic E-state index is 12.8. The van der Waals surface area contributed by atoms with Crippen LogP contribution < -0.4 is 15.5 Å². The van der Waals surface area contributed by atoms with E-state index in [4.69, 9.17) is 12.2 Å². The van der Waals surface area contributed by atoms with Crippen molar-refractivity contribution in [2.45, 2.75) is 25.7 Å². The van der Waals surface area contributed by atoms with Gasteiger partial charge in [-0.05, 0) is 37.4 Å². The van der Waals surface area contributed by atoms with Crippen molar-refractivity contribution >= 4 is 35.1 Å². The molecule has 2 aromatic heterocycles. The molecule has 0 aromatic carbocycles. The Morgan fingerprint density at radius 3 is 2.71 bits per heavy atom. The lowest BCUT2D eigenvalue weighted by Crippen LogP contribution is -2.51. The molecule has 0 saturated carbocycles. The molecule has 0 radical (unpaired) electrons. The minimum Gasteiger partial charge on any atom is -0.351 e.